The van der Waals surface area contributed by atoms with Crippen molar-refractivity contribution in [3.8, 4) is 0 Å². The number of halogens is 1. The van der Waals surface area contributed by atoms with Crippen molar-refractivity contribution in [2.75, 3.05) is 32.8 Å². The van der Waals surface area contributed by atoms with Crippen molar-refractivity contribution in [1.82, 2.24) is 19.6 Å². The fourth-order valence-electron chi connectivity index (χ4n) is 4.38. The number of rotatable bonds is 4. The van der Waals surface area contributed by atoms with Gasteiger partial charge in [-0.3, -0.25) is 9.48 Å². The maximum Gasteiger partial charge on any atom is 0.274 e. The van der Waals surface area contributed by atoms with Crippen LogP contribution >= 0.6 is 11.6 Å². The van der Waals surface area contributed by atoms with Crippen LogP contribution in [0.5, 0.6) is 0 Å². The number of hydrogen-bond acceptors (Lipinski definition) is 4. The summed E-state index contributed by atoms with van der Waals surface area (Å²) in [6.45, 7) is 5.92. The number of amides is 1. The summed E-state index contributed by atoms with van der Waals surface area (Å²) in [4.78, 5) is 17.9. The number of aryl methyl sites for hydroxylation is 2. The fourth-order valence-corrected chi connectivity index (χ4v) is 4.62. The van der Waals surface area contributed by atoms with Crippen LogP contribution in [0.3, 0.4) is 0 Å². The second-order valence-corrected chi connectivity index (χ2v) is 8.02. The van der Waals surface area contributed by atoms with Gasteiger partial charge in [0.25, 0.3) is 5.91 Å². The summed E-state index contributed by atoms with van der Waals surface area (Å²) >= 11 is 6.43. The van der Waals surface area contributed by atoms with Gasteiger partial charge >= 0.3 is 0 Å². The van der Waals surface area contributed by atoms with Crippen LogP contribution in [0, 0.1) is 6.92 Å². The molecule has 2 atom stereocenters. The van der Waals surface area contributed by atoms with Gasteiger partial charge in [0.05, 0.1) is 29.5 Å². The van der Waals surface area contributed by atoms with Crippen LogP contribution in [0.1, 0.15) is 40.6 Å². The number of hydrogen-bond donors (Lipinski definition) is 0. The van der Waals surface area contributed by atoms with Crippen LogP contribution in [0.2, 0.25) is 5.02 Å². The summed E-state index contributed by atoms with van der Waals surface area (Å²) in [6, 6.07) is 10.0. The zero-order valence-corrected chi connectivity index (χ0v) is 17.2. The minimum Gasteiger partial charge on any atom is -0.373 e. The van der Waals surface area contributed by atoms with Crippen molar-refractivity contribution in [3.05, 3.63) is 52.3 Å². The van der Waals surface area contributed by atoms with Crippen molar-refractivity contribution >= 4 is 17.5 Å². The third kappa shape index (κ3) is 3.69. The van der Waals surface area contributed by atoms with E-state index >= 15 is 0 Å². The van der Waals surface area contributed by atoms with Crippen LogP contribution in [-0.2, 0) is 11.8 Å². The van der Waals surface area contributed by atoms with Crippen molar-refractivity contribution in [3.63, 3.8) is 0 Å². The van der Waals surface area contributed by atoms with Crippen molar-refractivity contribution in [1.29, 1.82) is 0 Å². The number of morpholine rings is 1. The summed E-state index contributed by atoms with van der Waals surface area (Å²) in [5.41, 5.74) is 2.21. The lowest BCUT2D eigenvalue weighted by Gasteiger charge is -2.42. The normalized spacial score (nSPS) is 23.3. The van der Waals surface area contributed by atoms with Gasteiger partial charge in [-0.15, -0.1) is 0 Å². The van der Waals surface area contributed by atoms with E-state index in [1.807, 2.05) is 30.0 Å². The lowest BCUT2D eigenvalue weighted by atomic mass is 9.97. The molecule has 28 heavy (non-hydrogen) atoms. The summed E-state index contributed by atoms with van der Waals surface area (Å²) in [5, 5.41) is 4.76. The van der Waals surface area contributed by atoms with Crippen molar-refractivity contribution in [2.45, 2.75) is 31.9 Å². The first-order chi connectivity index (χ1) is 13.6. The van der Waals surface area contributed by atoms with Crippen LogP contribution in [-0.4, -0.2) is 64.4 Å². The molecule has 1 aromatic heterocycles. The minimum atomic E-state index is -0.144. The molecule has 2 aromatic rings. The zero-order chi connectivity index (χ0) is 19.7. The molecule has 0 spiro atoms. The Balaban J connectivity index is 1.68. The average Bonchev–Trinajstić information content (AvgIpc) is 3.29. The lowest BCUT2D eigenvalue weighted by molar-refractivity contribution is -0.0709. The van der Waals surface area contributed by atoms with Gasteiger partial charge in [-0.25, -0.2) is 0 Å². The van der Waals surface area contributed by atoms with E-state index in [0.717, 1.165) is 25.2 Å². The molecule has 150 valence electrons. The highest BCUT2D eigenvalue weighted by molar-refractivity contribution is 6.34. The summed E-state index contributed by atoms with van der Waals surface area (Å²) < 4.78 is 7.79. The van der Waals surface area contributed by atoms with E-state index < -0.39 is 0 Å². The zero-order valence-electron chi connectivity index (χ0n) is 16.5. The van der Waals surface area contributed by atoms with Gasteiger partial charge in [-0.1, -0.05) is 41.9 Å². The van der Waals surface area contributed by atoms with Gasteiger partial charge in [0.15, 0.2) is 0 Å². The van der Waals surface area contributed by atoms with Crippen molar-refractivity contribution < 1.29 is 9.53 Å². The van der Waals surface area contributed by atoms with E-state index in [1.165, 1.54) is 12.8 Å². The molecule has 2 aliphatic heterocycles. The SMILES string of the molecule is Cc1nn(C)c(C(=O)N2CCO[C@@H](CN3CCCC3)[C@@H]2c2ccccc2)c1Cl. The fraction of sp³-hybridized carbons (Fsp3) is 0.524. The average molecular weight is 403 g/mol. The molecule has 2 aliphatic rings. The second kappa shape index (κ2) is 8.23. The number of carbonyl (C=O) groups is 1. The molecular formula is C21H27ClN4O2. The summed E-state index contributed by atoms with van der Waals surface area (Å²) in [5.74, 6) is -0.0864. The Morgan fingerprint density at radius 1 is 1.21 bits per heavy atom. The molecule has 0 radical (unpaired) electrons. The molecule has 0 unspecified atom stereocenters. The topological polar surface area (TPSA) is 50.6 Å². The Bertz CT molecular complexity index is 832. The van der Waals surface area contributed by atoms with E-state index in [4.69, 9.17) is 16.3 Å². The molecule has 7 heteroatoms. The molecule has 6 nitrogen and oxygen atoms in total. The van der Waals surface area contributed by atoms with Crippen LogP contribution in [0.25, 0.3) is 0 Å². The lowest BCUT2D eigenvalue weighted by Crippen LogP contribution is -2.51. The first-order valence-corrected chi connectivity index (χ1v) is 10.3. The number of nitrogens with zero attached hydrogens (tertiary/aromatic N) is 4. The third-order valence-electron chi connectivity index (χ3n) is 5.74. The predicted octanol–water partition coefficient (Wildman–Crippen LogP) is 3.06. The summed E-state index contributed by atoms with van der Waals surface area (Å²) in [7, 11) is 1.77. The molecular weight excluding hydrogens is 376 g/mol. The van der Waals surface area contributed by atoms with E-state index in [-0.39, 0.29) is 18.1 Å². The second-order valence-electron chi connectivity index (χ2n) is 7.64. The molecule has 2 fully saturated rings. The maximum absolute atomic E-state index is 13.5. The Kier molecular flexibility index (Phi) is 5.71. The van der Waals surface area contributed by atoms with Crippen LogP contribution in [0.4, 0.5) is 0 Å². The van der Waals surface area contributed by atoms with E-state index in [2.05, 4.69) is 22.1 Å². The number of aromatic nitrogens is 2. The Morgan fingerprint density at radius 2 is 1.93 bits per heavy atom. The molecule has 4 rings (SSSR count). The van der Waals surface area contributed by atoms with Gasteiger partial charge < -0.3 is 14.5 Å². The monoisotopic (exact) mass is 402 g/mol. The standard InChI is InChI=1S/C21H27ClN4O2/c1-15-18(22)20(24(2)23-15)21(27)26-12-13-28-17(14-25-10-6-7-11-25)19(26)16-8-4-3-5-9-16/h3-5,8-9,17,19H,6-7,10-14H2,1-2H3/t17-,19-/m0/s1. The van der Waals surface area contributed by atoms with Crippen molar-refractivity contribution in [2.24, 2.45) is 7.05 Å². The number of benzene rings is 1. The van der Waals surface area contributed by atoms with Crippen LogP contribution in [0.15, 0.2) is 30.3 Å². The van der Waals surface area contributed by atoms with E-state index in [1.54, 1.807) is 11.7 Å². The smallest absolute Gasteiger partial charge is 0.274 e. The highest BCUT2D eigenvalue weighted by Crippen LogP contribution is 2.33. The van der Waals surface area contributed by atoms with E-state index in [9.17, 15) is 4.79 Å². The molecule has 0 aliphatic carbocycles. The highest BCUT2D eigenvalue weighted by atomic mass is 35.5. The molecule has 1 amide bonds. The minimum absolute atomic E-state index is 0.0636. The maximum atomic E-state index is 13.5. The Morgan fingerprint density at radius 3 is 2.57 bits per heavy atom. The molecule has 0 N–H and O–H groups in total. The van der Waals surface area contributed by atoms with Gasteiger partial charge in [-0.05, 0) is 38.4 Å². The Hall–Kier alpha value is -1.89. The Labute approximate surface area is 171 Å². The highest BCUT2D eigenvalue weighted by Gasteiger charge is 2.39. The van der Waals surface area contributed by atoms with Gasteiger partial charge in [0.2, 0.25) is 0 Å². The molecule has 2 saturated heterocycles. The quantitative estimate of drug-likeness (QED) is 0.788. The predicted molar refractivity (Wildman–Crippen MR) is 109 cm³/mol. The molecule has 0 saturated carbocycles. The largest absolute Gasteiger partial charge is 0.373 e. The first-order valence-electron chi connectivity index (χ1n) is 9.95. The number of ether oxygens (including phenoxy) is 1. The third-order valence-corrected chi connectivity index (χ3v) is 6.20. The van der Waals surface area contributed by atoms with Gasteiger partial charge in [0, 0.05) is 20.1 Å². The molecule has 1 aromatic carbocycles. The molecule has 3 heterocycles. The van der Waals surface area contributed by atoms with Crippen LogP contribution < -0.4 is 0 Å². The summed E-state index contributed by atoms with van der Waals surface area (Å²) in [6.07, 6.45) is 2.40. The molecule has 0 bridgehead atoms. The van der Waals surface area contributed by atoms with Gasteiger partial charge in [0.1, 0.15) is 5.69 Å². The van der Waals surface area contributed by atoms with Gasteiger partial charge in [-0.2, -0.15) is 5.10 Å². The number of likely N-dealkylation sites (tertiary alicyclic amines) is 1. The number of carbonyl (C=O) groups excluding carboxylic acids is 1. The first kappa shape index (κ1) is 19.4. The van der Waals surface area contributed by atoms with E-state index in [0.29, 0.717) is 29.6 Å².